The number of carbonyl (C=O) groups excluding carboxylic acids is 1. The summed E-state index contributed by atoms with van der Waals surface area (Å²) < 4.78 is 42.9. The van der Waals surface area contributed by atoms with Crippen LogP contribution >= 0.6 is 11.3 Å². The van der Waals surface area contributed by atoms with E-state index in [1.165, 1.54) is 24.3 Å². The molecule has 1 fully saturated rings. The Kier molecular flexibility index (Phi) is 7.24. The van der Waals surface area contributed by atoms with Gasteiger partial charge < -0.3 is 15.0 Å². The van der Waals surface area contributed by atoms with E-state index in [9.17, 15) is 17.6 Å². The molecule has 1 aliphatic heterocycles. The van der Waals surface area contributed by atoms with Gasteiger partial charge in [-0.05, 0) is 24.8 Å². The number of oxime groups is 1. The molecule has 12 heteroatoms. The first-order valence-electron chi connectivity index (χ1n) is 8.95. The molecule has 9 nitrogen and oxygen atoms in total. The fraction of sp³-hybridized carbons (Fsp3) is 0.333. The molecule has 160 valence electrons. The number of amides is 1. The van der Waals surface area contributed by atoms with E-state index < -0.39 is 20.9 Å². The average Bonchev–Trinajstić information content (AvgIpc) is 3.39. The molecular formula is C18H19FN4O5S2. The van der Waals surface area contributed by atoms with E-state index in [1.807, 2.05) is 0 Å². The van der Waals surface area contributed by atoms with E-state index >= 15 is 0 Å². The monoisotopic (exact) mass is 454 g/mol. The molecule has 30 heavy (non-hydrogen) atoms. The molecule has 1 saturated heterocycles. The first-order valence-corrected chi connectivity index (χ1v) is 11.4. The number of anilines is 1. The van der Waals surface area contributed by atoms with Gasteiger partial charge in [-0.15, -0.1) is 0 Å². The zero-order valence-electron chi connectivity index (χ0n) is 15.7. The van der Waals surface area contributed by atoms with Gasteiger partial charge in [-0.3, -0.25) is 10.1 Å². The summed E-state index contributed by atoms with van der Waals surface area (Å²) in [4.78, 5) is 21.9. The normalized spacial score (nSPS) is 17.0. The Bertz CT molecular complexity index is 1030. The van der Waals surface area contributed by atoms with Gasteiger partial charge in [0.1, 0.15) is 0 Å². The number of benzene rings is 1. The minimum absolute atomic E-state index is 0.0558. The molecule has 0 saturated carbocycles. The summed E-state index contributed by atoms with van der Waals surface area (Å²) in [6, 6.07) is 5.59. The highest BCUT2D eigenvalue weighted by molar-refractivity contribution is 7.91. The van der Waals surface area contributed by atoms with E-state index in [1.54, 1.807) is 0 Å². The van der Waals surface area contributed by atoms with E-state index in [0.717, 1.165) is 12.4 Å². The number of nitrogens with one attached hydrogen (secondary N) is 2. The minimum atomic E-state index is -3.55. The Morgan fingerprint density at radius 1 is 1.43 bits per heavy atom. The minimum Gasteiger partial charge on any atom is -0.389 e. The molecule has 3 rings (SSSR count). The highest BCUT2D eigenvalue weighted by atomic mass is 32.2. The second kappa shape index (κ2) is 9.87. The van der Waals surface area contributed by atoms with E-state index in [4.69, 9.17) is 15.0 Å². The number of sulfone groups is 1. The zero-order valence-corrected chi connectivity index (χ0v) is 17.3. The van der Waals surface area contributed by atoms with Crippen molar-refractivity contribution in [1.29, 1.82) is 5.41 Å². The smallest absolute Gasteiger partial charge is 0.280 e. The first kappa shape index (κ1) is 22.0. The number of ether oxygens (including phenoxy) is 1. The third-order valence-electron chi connectivity index (χ3n) is 4.11. The molecule has 1 atom stereocenters. The van der Waals surface area contributed by atoms with E-state index in [0.29, 0.717) is 36.5 Å². The number of thiazole rings is 1. The third-order valence-corrected chi connectivity index (χ3v) is 6.58. The van der Waals surface area contributed by atoms with Gasteiger partial charge in [0.25, 0.3) is 5.91 Å². The maximum atomic E-state index is 13.2. The molecule has 1 aliphatic rings. The summed E-state index contributed by atoms with van der Waals surface area (Å²) in [5.74, 6) is -0.861. The molecule has 0 radical (unpaired) electrons. The molecule has 0 unspecified atom stereocenters. The number of hydrogen-bond acceptors (Lipinski definition) is 9. The molecule has 2 N–H and O–H groups in total. The van der Waals surface area contributed by atoms with Gasteiger partial charge in [0.2, 0.25) is 0 Å². The summed E-state index contributed by atoms with van der Waals surface area (Å²) in [7, 11) is -3.55. The molecule has 1 aromatic carbocycles. The molecule has 2 heterocycles. The first-order chi connectivity index (χ1) is 14.4. The molecule has 1 aromatic heterocycles. The number of nitrogens with zero attached hydrogens (tertiary/aromatic N) is 2. The molecular weight excluding hydrogens is 435 g/mol. The van der Waals surface area contributed by atoms with Crippen LogP contribution in [0.4, 0.5) is 9.52 Å². The van der Waals surface area contributed by atoms with Crippen LogP contribution in [-0.2, 0) is 24.2 Å². The Labute approximate surface area is 176 Å². The second-order valence-corrected chi connectivity index (χ2v) is 9.38. The Morgan fingerprint density at radius 3 is 2.80 bits per heavy atom. The van der Waals surface area contributed by atoms with Crippen LogP contribution in [0.15, 0.2) is 40.5 Å². The predicted octanol–water partition coefficient (Wildman–Crippen LogP) is 2.24. The van der Waals surface area contributed by atoms with Crippen LogP contribution in [0, 0.1) is 10.5 Å². The lowest BCUT2D eigenvalue weighted by Crippen LogP contribution is -2.25. The number of hydrogen-bond donors (Lipinski definition) is 2. The largest absolute Gasteiger partial charge is 0.389 e. The van der Waals surface area contributed by atoms with Crippen molar-refractivity contribution in [3.05, 3.63) is 41.2 Å². The van der Waals surface area contributed by atoms with Crippen molar-refractivity contribution in [3.8, 4) is 0 Å². The summed E-state index contributed by atoms with van der Waals surface area (Å²) in [6.07, 6.45) is 2.45. The summed E-state index contributed by atoms with van der Waals surface area (Å²) in [5, 5.41) is 12.9. The highest BCUT2D eigenvalue weighted by Crippen LogP contribution is 2.18. The fourth-order valence-corrected chi connectivity index (χ4v) is 4.32. The van der Waals surface area contributed by atoms with Crippen molar-refractivity contribution >= 4 is 44.1 Å². The van der Waals surface area contributed by atoms with Crippen molar-refractivity contribution in [2.75, 3.05) is 24.3 Å². The van der Waals surface area contributed by atoms with Crippen LogP contribution < -0.4 is 5.32 Å². The van der Waals surface area contributed by atoms with Crippen molar-refractivity contribution in [2.24, 2.45) is 5.16 Å². The molecule has 0 spiro atoms. The molecule has 1 amide bonds. The zero-order chi connectivity index (χ0) is 21.6. The van der Waals surface area contributed by atoms with Gasteiger partial charge in [0.05, 0.1) is 30.1 Å². The lowest BCUT2D eigenvalue weighted by Gasteiger charge is -2.10. The van der Waals surface area contributed by atoms with Crippen LogP contribution in [0.5, 0.6) is 0 Å². The lowest BCUT2D eigenvalue weighted by atomic mass is 10.1. The van der Waals surface area contributed by atoms with Crippen molar-refractivity contribution in [1.82, 2.24) is 4.98 Å². The predicted molar refractivity (Wildman–Crippen MR) is 109 cm³/mol. The maximum Gasteiger partial charge on any atom is 0.280 e. The van der Waals surface area contributed by atoms with Gasteiger partial charge in [-0.1, -0.05) is 28.6 Å². The van der Waals surface area contributed by atoms with Crippen LogP contribution in [0.1, 0.15) is 18.4 Å². The Balaban J connectivity index is 1.84. The molecule has 0 bridgehead atoms. The van der Waals surface area contributed by atoms with Gasteiger partial charge in [-0.25, -0.2) is 13.4 Å². The van der Waals surface area contributed by atoms with Gasteiger partial charge in [-0.2, -0.15) is 4.39 Å². The van der Waals surface area contributed by atoms with Gasteiger partial charge in [0.15, 0.2) is 31.9 Å². The van der Waals surface area contributed by atoms with Crippen LogP contribution in [0.3, 0.4) is 0 Å². The maximum absolute atomic E-state index is 13.2. The topological polar surface area (TPSA) is 131 Å². The van der Waals surface area contributed by atoms with E-state index in [-0.39, 0.29) is 34.0 Å². The number of halogens is 1. The van der Waals surface area contributed by atoms with E-state index in [2.05, 4.69) is 15.5 Å². The SMILES string of the molecule is N=CCCS(=O)(=O)c1ccc(/C(=N\O[C@@H]2CCOC2)C(=O)Nc2ncc(F)s2)cc1. The van der Waals surface area contributed by atoms with Gasteiger partial charge in [0, 0.05) is 12.0 Å². The number of carbonyl (C=O) groups is 1. The van der Waals surface area contributed by atoms with Crippen molar-refractivity contribution in [2.45, 2.75) is 23.8 Å². The molecule has 2 aromatic rings. The third kappa shape index (κ3) is 5.68. The number of aromatic nitrogens is 1. The number of rotatable bonds is 9. The summed E-state index contributed by atoms with van der Waals surface area (Å²) in [5.41, 5.74) is 0.204. The van der Waals surface area contributed by atoms with Gasteiger partial charge >= 0.3 is 0 Å². The average molecular weight is 455 g/mol. The standard InChI is InChI=1S/C18H19FN4O5S2/c19-15-10-21-18(29-15)22-17(24)16(23-28-13-6-8-27-11-13)12-2-4-14(5-3-12)30(25,26)9-1-7-20/h2-5,7,10,13,20H,1,6,8-9,11H2,(H,21,22,24)/b20-7?,23-16+/t13-/m1/s1. The Hall–Kier alpha value is -2.70. The van der Waals surface area contributed by atoms with Crippen LogP contribution in [0.2, 0.25) is 0 Å². The highest BCUT2D eigenvalue weighted by Gasteiger charge is 2.22. The molecule has 0 aliphatic carbocycles. The van der Waals surface area contributed by atoms with Crippen LogP contribution in [-0.4, -0.2) is 56.3 Å². The lowest BCUT2D eigenvalue weighted by molar-refractivity contribution is -0.110. The summed E-state index contributed by atoms with van der Waals surface area (Å²) in [6.45, 7) is 0.878. The second-order valence-electron chi connectivity index (χ2n) is 6.29. The Morgan fingerprint density at radius 2 is 2.20 bits per heavy atom. The van der Waals surface area contributed by atoms with Crippen molar-refractivity contribution in [3.63, 3.8) is 0 Å². The fourth-order valence-electron chi connectivity index (χ4n) is 2.57. The van der Waals surface area contributed by atoms with Crippen molar-refractivity contribution < 1.29 is 27.2 Å². The summed E-state index contributed by atoms with van der Waals surface area (Å²) >= 11 is 0.662. The van der Waals surface area contributed by atoms with Crippen LogP contribution in [0.25, 0.3) is 0 Å². The quantitative estimate of drug-likeness (QED) is 0.441.